The van der Waals surface area contributed by atoms with E-state index in [9.17, 15) is 0 Å². The summed E-state index contributed by atoms with van der Waals surface area (Å²) in [6, 6.07) is 21.9. The third kappa shape index (κ3) is 2.67. The Morgan fingerprint density at radius 3 is 2.15 bits per heavy atom. The molecule has 1 radical (unpaired) electrons. The molecule has 0 amide bonds. The Balaban J connectivity index is 1.83. The van der Waals surface area contributed by atoms with E-state index in [1.54, 1.807) is 0 Å². The maximum absolute atomic E-state index is 2.41. The number of rotatable bonds is 3. The van der Waals surface area contributed by atoms with Gasteiger partial charge in [0.2, 0.25) is 0 Å². The molecular formula is C17H20BN2. The van der Waals surface area contributed by atoms with Crippen molar-refractivity contribution in [2.45, 2.75) is 25.8 Å². The van der Waals surface area contributed by atoms with E-state index in [4.69, 9.17) is 0 Å². The average molecular weight is 263 g/mol. The molecule has 0 aliphatic carbocycles. The van der Waals surface area contributed by atoms with Crippen molar-refractivity contribution in [1.82, 2.24) is 0 Å². The maximum atomic E-state index is 2.41. The number of hydrogen-bond donors (Lipinski definition) is 0. The first-order valence-electron chi connectivity index (χ1n) is 7.38. The van der Waals surface area contributed by atoms with Crippen molar-refractivity contribution >= 4 is 18.9 Å². The van der Waals surface area contributed by atoms with Crippen LogP contribution in [0.3, 0.4) is 0 Å². The highest BCUT2D eigenvalue weighted by atomic mass is 15.2. The number of hydrogen-bond acceptors (Lipinski definition) is 2. The van der Waals surface area contributed by atoms with E-state index in [1.165, 1.54) is 24.2 Å². The molecule has 1 fully saturated rings. The molecule has 3 rings (SSSR count). The molecule has 1 aliphatic heterocycles. The van der Waals surface area contributed by atoms with E-state index < -0.39 is 0 Å². The van der Waals surface area contributed by atoms with Crippen LogP contribution in [0.5, 0.6) is 0 Å². The van der Waals surface area contributed by atoms with Gasteiger partial charge in [0.1, 0.15) is 0 Å². The Kier molecular flexibility index (Phi) is 3.96. The normalized spacial score (nSPS) is 18.8. The largest absolute Gasteiger partial charge is 0.399 e. The minimum atomic E-state index is 0.595. The van der Waals surface area contributed by atoms with Crippen molar-refractivity contribution in [3.63, 3.8) is 0 Å². The van der Waals surface area contributed by atoms with Crippen LogP contribution in [0.4, 0.5) is 11.4 Å². The van der Waals surface area contributed by atoms with Gasteiger partial charge >= 0.3 is 7.55 Å². The predicted octanol–water partition coefficient (Wildman–Crippen LogP) is 3.72. The van der Waals surface area contributed by atoms with Crippen molar-refractivity contribution in [3.05, 3.63) is 60.7 Å². The lowest BCUT2D eigenvalue weighted by Gasteiger charge is -2.42. The minimum Gasteiger partial charge on any atom is -0.399 e. The van der Waals surface area contributed by atoms with E-state index in [1.807, 2.05) is 0 Å². The molecule has 0 saturated carbocycles. The summed E-state index contributed by atoms with van der Waals surface area (Å²) in [5.41, 5.74) is 2.54. The third-order valence-corrected chi connectivity index (χ3v) is 3.97. The average Bonchev–Trinajstić information content (AvgIpc) is 2.56. The van der Waals surface area contributed by atoms with E-state index in [-0.39, 0.29) is 0 Å². The summed E-state index contributed by atoms with van der Waals surface area (Å²) < 4.78 is 0. The second-order valence-corrected chi connectivity index (χ2v) is 5.24. The Hall–Kier alpha value is -1.90. The second kappa shape index (κ2) is 6.04. The molecule has 20 heavy (non-hydrogen) atoms. The highest BCUT2D eigenvalue weighted by Crippen LogP contribution is 2.26. The Bertz CT molecular complexity index is 529. The van der Waals surface area contributed by atoms with Gasteiger partial charge in [0.15, 0.2) is 0 Å². The summed E-state index contributed by atoms with van der Waals surface area (Å²) in [6.07, 6.45) is 2.37. The molecular weight excluding hydrogens is 243 g/mol. The van der Waals surface area contributed by atoms with Gasteiger partial charge in [0.05, 0.1) is 0 Å². The molecule has 3 heteroatoms. The molecule has 0 aromatic heterocycles. The zero-order chi connectivity index (χ0) is 13.8. The summed E-state index contributed by atoms with van der Waals surface area (Å²) in [5.74, 6) is 0. The first-order valence-corrected chi connectivity index (χ1v) is 7.38. The third-order valence-electron chi connectivity index (χ3n) is 3.97. The van der Waals surface area contributed by atoms with Crippen molar-refractivity contribution in [3.8, 4) is 0 Å². The summed E-state index contributed by atoms with van der Waals surface area (Å²) in [7, 11) is 2.27. The highest BCUT2D eigenvalue weighted by molar-refractivity contribution is 6.47. The Morgan fingerprint density at radius 2 is 1.55 bits per heavy atom. The first kappa shape index (κ1) is 13.1. The van der Waals surface area contributed by atoms with Crippen LogP contribution in [0, 0.1) is 0 Å². The van der Waals surface area contributed by atoms with Crippen LogP contribution in [0.25, 0.3) is 0 Å². The zero-order valence-corrected chi connectivity index (χ0v) is 11.9. The van der Waals surface area contributed by atoms with Gasteiger partial charge in [-0.15, -0.1) is 0 Å². The molecule has 1 atom stereocenters. The van der Waals surface area contributed by atoms with Gasteiger partial charge < -0.3 is 9.62 Å². The minimum absolute atomic E-state index is 0.595. The molecule has 1 saturated heterocycles. The molecule has 2 aromatic rings. The van der Waals surface area contributed by atoms with Crippen LogP contribution in [0.2, 0.25) is 0 Å². The topological polar surface area (TPSA) is 6.48 Å². The molecule has 1 heterocycles. The molecule has 1 unspecified atom stereocenters. The van der Waals surface area contributed by atoms with Gasteiger partial charge in [0.25, 0.3) is 0 Å². The van der Waals surface area contributed by atoms with Gasteiger partial charge in [-0.25, -0.2) is 0 Å². The lowest BCUT2D eigenvalue weighted by molar-refractivity contribution is 0.581. The van der Waals surface area contributed by atoms with E-state index in [0.29, 0.717) is 6.04 Å². The van der Waals surface area contributed by atoms with Crippen LogP contribution in [0.1, 0.15) is 19.8 Å². The van der Waals surface area contributed by atoms with Crippen LogP contribution in [-0.4, -0.2) is 20.1 Å². The monoisotopic (exact) mass is 263 g/mol. The number of para-hydroxylation sites is 2. The molecule has 2 aromatic carbocycles. The highest BCUT2D eigenvalue weighted by Gasteiger charge is 2.27. The second-order valence-electron chi connectivity index (χ2n) is 5.24. The fraction of sp³-hybridized carbons (Fsp3) is 0.294. The molecule has 2 nitrogen and oxygen atoms in total. The number of benzene rings is 2. The zero-order valence-electron chi connectivity index (χ0n) is 11.9. The molecule has 1 aliphatic rings. The summed E-state index contributed by atoms with van der Waals surface area (Å²) in [6.45, 7) is 3.36. The van der Waals surface area contributed by atoms with Crippen LogP contribution in [0.15, 0.2) is 60.7 Å². The quantitative estimate of drug-likeness (QED) is 0.779. The Morgan fingerprint density at radius 1 is 0.950 bits per heavy atom. The molecule has 0 bridgehead atoms. The number of nitrogens with zero attached hydrogens (tertiary/aromatic N) is 2. The maximum Gasteiger partial charge on any atom is 0.391 e. The Labute approximate surface area is 122 Å². The van der Waals surface area contributed by atoms with Gasteiger partial charge in [-0.2, -0.15) is 0 Å². The summed E-state index contributed by atoms with van der Waals surface area (Å²) >= 11 is 0. The number of anilines is 2. The van der Waals surface area contributed by atoms with Crippen molar-refractivity contribution in [2.75, 3.05) is 16.2 Å². The fourth-order valence-corrected chi connectivity index (χ4v) is 2.82. The van der Waals surface area contributed by atoms with Crippen molar-refractivity contribution in [1.29, 1.82) is 0 Å². The van der Waals surface area contributed by atoms with Crippen molar-refractivity contribution in [2.24, 2.45) is 0 Å². The van der Waals surface area contributed by atoms with E-state index in [0.717, 1.165) is 6.54 Å². The van der Waals surface area contributed by atoms with Gasteiger partial charge in [-0.05, 0) is 37.1 Å². The fourth-order valence-electron chi connectivity index (χ4n) is 2.82. The van der Waals surface area contributed by atoms with Crippen LogP contribution >= 0.6 is 0 Å². The van der Waals surface area contributed by atoms with Gasteiger partial charge in [-0.1, -0.05) is 43.3 Å². The van der Waals surface area contributed by atoms with Crippen LogP contribution < -0.4 is 9.62 Å². The van der Waals surface area contributed by atoms with E-state index >= 15 is 0 Å². The molecule has 101 valence electrons. The smallest absolute Gasteiger partial charge is 0.391 e. The SMILES string of the molecule is CCC1CCN(c2ccccc2)[B]N1c1ccccc1. The summed E-state index contributed by atoms with van der Waals surface area (Å²) in [5, 5.41) is 0. The summed E-state index contributed by atoms with van der Waals surface area (Å²) in [4.78, 5) is 4.76. The van der Waals surface area contributed by atoms with Gasteiger partial charge in [-0.3, -0.25) is 0 Å². The first-order chi connectivity index (χ1) is 9.88. The van der Waals surface area contributed by atoms with Crippen molar-refractivity contribution < 1.29 is 0 Å². The molecule has 0 N–H and O–H groups in total. The lowest BCUT2D eigenvalue weighted by Crippen LogP contribution is -2.53. The lowest BCUT2D eigenvalue weighted by atomic mass is 9.89. The van der Waals surface area contributed by atoms with Crippen LogP contribution in [-0.2, 0) is 0 Å². The standard InChI is InChI=1S/C17H20BN2/c1-2-15-13-14-19(16-9-5-3-6-10-16)18-20(15)17-11-7-4-8-12-17/h3-12,15H,2,13-14H2,1H3. The van der Waals surface area contributed by atoms with E-state index in [2.05, 4.69) is 84.8 Å². The predicted molar refractivity (Wildman–Crippen MR) is 87.2 cm³/mol. The molecule has 0 spiro atoms. The van der Waals surface area contributed by atoms with Gasteiger partial charge in [0, 0.05) is 24.0 Å².